The molecule has 0 bridgehead atoms. The predicted octanol–water partition coefficient (Wildman–Crippen LogP) is 2.91. The summed E-state index contributed by atoms with van der Waals surface area (Å²) in [7, 11) is -2.05. The molecule has 0 aliphatic carbocycles. The molecule has 1 aliphatic heterocycles. The number of nitrogens with two attached hydrogens (primary N) is 1. The number of carbonyl (C=O) groups is 3. The van der Waals surface area contributed by atoms with E-state index in [1.807, 2.05) is 6.92 Å². The van der Waals surface area contributed by atoms with Crippen molar-refractivity contribution in [2.45, 2.75) is 58.1 Å². The Morgan fingerprint density at radius 3 is 2.28 bits per heavy atom. The molecule has 2 aromatic rings. The first-order valence-electron chi connectivity index (χ1n) is 14.4. The molecule has 43 heavy (non-hydrogen) atoms. The van der Waals surface area contributed by atoms with E-state index in [1.165, 1.54) is 11.4 Å². The highest BCUT2D eigenvalue weighted by Crippen LogP contribution is 2.35. The maximum atomic E-state index is 13.6. The zero-order chi connectivity index (χ0) is 31.7. The lowest BCUT2D eigenvalue weighted by Gasteiger charge is -2.38. The highest BCUT2D eigenvalue weighted by Gasteiger charge is 2.35. The van der Waals surface area contributed by atoms with Crippen molar-refractivity contribution in [3.8, 4) is 5.75 Å². The number of sulfonamides is 1. The standard InChI is InChI=1S/C30H43N5O7S/c1-20-17-35(21(2)19-36)30(39)22-11-10-14-25(29(22)42-26(20)18-34(3)43(4,40)41)33-28(38)16-7-5-6-15-27(37)32-24-13-9-8-12-23(24)31/h8-14,20-21,26,36H,5-7,15-19,31H2,1-4H3,(H,32,37)(H,33,38)/t20-,21+,26-/m1/s1. The lowest BCUT2D eigenvalue weighted by molar-refractivity contribution is -0.116. The Labute approximate surface area is 253 Å². The van der Waals surface area contributed by atoms with E-state index >= 15 is 0 Å². The largest absolute Gasteiger partial charge is 0.486 e. The van der Waals surface area contributed by atoms with Crippen molar-refractivity contribution in [2.24, 2.45) is 5.92 Å². The quantitative estimate of drug-likeness (QED) is 0.196. The van der Waals surface area contributed by atoms with Gasteiger partial charge in [0.15, 0.2) is 5.75 Å². The fraction of sp³-hybridized carbons (Fsp3) is 0.500. The summed E-state index contributed by atoms with van der Waals surface area (Å²) in [6, 6.07) is 11.4. The summed E-state index contributed by atoms with van der Waals surface area (Å²) in [4.78, 5) is 40.3. The third-order valence-electron chi connectivity index (χ3n) is 7.51. The number of nitrogens with zero attached hydrogens (tertiary/aromatic N) is 2. The van der Waals surface area contributed by atoms with Crippen molar-refractivity contribution in [3.05, 3.63) is 48.0 Å². The van der Waals surface area contributed by atoms with E-state index in [2.05, 4.69) is 10.6 Å². The summed E-state index contributed by atoms with van der Waals surface area (Å²) in [5, 5.41) is 15.5. The number of nitrogen functional groups attached to an aromatic ring is 1. The number of anilines is 3. The summed E-state index contributed by atoms with van der Waals surface area (Å²) in [6.07, 6.45) is 2.74. The number of nitrogens with one attached hydrogen (secondary N) is 2. The van der Waals surface area contributed by atoms with Crippen LogP contribution >= 0.6 is 0 Å². The number of ether oxygens (including phenoxy) is 1. The molecule has 0 unspecified atom stereocenters. The fourth-order valence-electron chi connectivity index (χ4n) is 4.73. The van der Waals surface area contributed by atoms with Crippen LogP contribution in [0.3, 0.4) is 0 Å². The normalized spacial score (nSPS) is 17.8. The first-order valence-corrected chi connectivity index (χ1v) is 16.2. The van der Waals surface area contributed by atoms with Crippen LogP contribution in [0.1, 0.15) is 56.3 Å². The van der Waals surface area contributed by atoms with E-state index in [-0.39, 0.29) is 61.1 Å². The number of aliphatic hydroxyl groups excluding tert-OH is 1. The molecule has 0 saturated heterocycles. The van der Waals surface area contributed by atoms with Gasteiger partial charge in [0, 0.05) is 32.4 Å². The Morgan fingerprint density at radius 1 is 1.07 bits per heavy atom. The average molecular weight is 618 g/mol. The minimum atomic E-state index is -3.50. The summed E-state index contributed by atoms with van der Waals surface area (Å²) in [5.74, 6) is -0.931. The number of hydrogen-bond acceptors (Lipinski definition) is 8. The summed E-state index contributed by atoms with van der Waals surface area (Å²) < 4.78 is 31.8. The van der Waals surface area contributed by atoms with Crippen LogP contribution < -0.4 is 21.1 Å². The number of amides is 3. The molecule has 0 spiro atoms. The summed E-state index contributed by atoms with van der Waals surface area (Å²) in [5.41, 5.74) is 7.43. The van der Waals surface area contributed by atoms with E-state index in [1.54, 1.807) is 54.3 Å². The number of carbonyl (C=O) groups excluding carboxylic acids is 3. The molecule has 236 valence electrons. The number of para-hydroxylation sites is 3. The van der Waals surface area contributed by atoms with Crippen LogP contribution in [0.15, 0.2) is 42.5 Å². The zero-order valence-corrected chi connectivity index (χ0v) is 26.0. The monoisotopic (exact) mass is 617 g/mol. The van der Waals surface area contributed by atoms with Gasteiger partial charge in [0.1, 0.15) is 6.10 Å². The Kier molecular flexibility index (Phi) is 11.9. The Balaban J connectivity index is 1.68. The number of aliphatic hydroxyl groups is 1. The molecule has 0 fully saturated rings. The lowest BCUT2D eigenvalue weighted by Crippen LogP contribution is -2.50. The van der Waals surface area contributed by atoms with Gasteiger partial charge in [-0.15, -0.1) is 0 Å². The average Bonchev–Trinajstić information content (AvgIpc) is 2.95. The topological polar surface area (TPSA) is 171 Å². The second-order valence-electron chi connectivity index (χ2n) is 11.1. The molecular weight excluding hydrogens is 574 g/mol. The number of likely N-dealkylation sites (N-methyl/N-ethyl adjacent to an activating group) is 1. The van der Waals surface area contributed by atoms with Crippen molar-refractivity contribution in [1.29, 1.82) is 0 Å². The molecule has 13 heteroatoms. The van der Waals surface area contributed by atoms with E-state index in [4.69, 9.17) is 10.5 Å². The first kappa shape index (κ1) is 33.8. The van der Waals surface area contributed by atoms with E-state index in [0.29, 0.717) is 42.7 Å². The van der Waals surface area contributed by atoms with Crippen LogP contribution in [0, 0.1) is 5.92 Å². The lowest BCUT2D eigenvalue weighted by atomic mass is 9.99. The molecule has 12 nitrogen and oxygen atoms in total. The molecule has 3 atom stereocenters. The Hall–Kier alpha value is -3.68. The molecule has 2 aromatic carbocycles. The van der Waals surface area contributed by atoms with Gasteiger partial charge in [0.2, 0.25) is 21.8 Å². The zero-order valence-electron chi connectivity index (χ0n) is 25.2. The number of hydrogen-bond donors (Lipinski definition) is 4. The van der Waals surface area contributed by atoms with Crippen molar-refractivity contribution in [3.63, 3.8) is 0 Å². The van der Waals surface area contributed by atoms with Crippen molar-refractivity contribution >= 4 is 44.8 Å². The molecule has 1 aliphatic rings. The van der Waals surface area contributed by atoms with Gasteiger partial charge in [-0.3, -0.25) is 14.4 Å². The van der Waals surface area contributed by atoms with Gasteiger partial charge in [0.05, 0.1) is 48.1 Å². The van der Waals surface area contributed by atoms with E-state index < -0.39 is 22.2 Å². The highest BCUT2D eigenvalue weighted by atomic mass is 32.2. The summed E-state index contributed by atoms with van der Waals surface area (Å²) in [6.45, 7) is 3.61. The van der Waals surface area contributed by atoms with Gasteiger partial charge in [-0.05, 0) is 44.0 Å². The second-order valence-corrected chi connectivity index (χ2v) is 13.2. The third-order valence-corrected chi connectivity index (χ3v) is 8.79. The molecule has 1 heterocycles. The molecule has 0 radical (unpaired) electrons. The molecule has 3 rings (SSSR count). The Morgan fingerprint density at radius 2 is 1.67 bits per heavy atom. The smallest absolute Gasteiger partial charge is 0.258 e. The minimum absolute atomic E-state index is 0.0295. The maximum absolute atomic E-state index is 13.6. The van der Waals surface area contributed by atoms with Crippen molar-refractivity contribution in [1.82, 2.24) is 9.21 Å². The molecule has 0 saturated carbocycles. The van der Waals surface area contributed by atoms with E-state index in [0.717, 1.165) is 6.26 Å². The number of fused-ring (bicyclic) bond motifs is 1. The number of rotatable bonds is 13. The third kappa shape index (κ3) is 9.40. The Bertz CT molecular complexity index is 1400. The van der Waals surface area contributed by atoms with Gasteiger partial charge in [0.25, 0.3) is 5.91 Å². The van der Waals surface area contributed by atoms with Crippen LogP contribution in [0.2, 0.25) is 0 Å². The van der Waals surface area contributed by atoms with Gasteiger partial charge in [-0.25, -0.2) is 12.7 Å². The predicted molar refractivity (Wildman–Crippen MR) is 166 cm³/mol. The molecule has 3 amide bonds. The molecule has 0 aromatic heterocycles. The van der Waals surface area contributed by atoms with Crippen LogP contribution in [-0.2, 0) is 19.6 Å². The fourth-order valence-corrected chi connectivity index (χ4v) is 5.15. The number of unbranched alkanes of at least 4 members (excludes halogenated alkanes) is 2. The van der Waals surface area contributed by atoms with Gasteiger partial charge in [-0.1, -0.05) is 31.5 Å². The second kappa shape index (κ2) is 15.2. The van der Waals surface area contributed by atoms with Crippen molar-refractivity contribution < 1.29 is 32.6 Å². The highest BCUT2D eigenvalue weighted by molar-refractivity contribution is 7.88. The molecule has 5 N–H and O–H groups in total. The van der Waals surface area contributed by atoms with Crippen LogP contribution in [-0.4, -0.2) is 85.6 Å². The maximum Gasteiger partial charge on any atom is 0.258 e. The SMILES string of the molecule is C[C@@H]1CN([C@@H](C)CO)C(=O)c2cccc(NC(=O)CCCCCC(=O)Nc3ccccc3N)c2O[C@@H]1CN(C)S(C)(=O)=O. The van der Waals surface area contributed by atoms with Gasteiger partial charge < -0.3 is 31.1 Å². The van der Waals surface area contributed by atoms with Crippen LogP contribution in [0.4, 0.5) is 17.1 Å². The summed E-state index contributed by atoms with van der Waals surface area (Å²) >= 11 is 0. The first-order chi connectivity index (χ1) is 20.3. The number of benzene rings is 2. The van der Waals surface area contributed by atoms with E-state index in [9.17, 15) is 27.9 Å². The van der Waals surface area contributed by atoms with Gasteiger partial charge in [-0.2, -0.15) is 0 Å². The van der Waals surface area contributed by atoms with Crippen LogP contribution in [0.5, 0.6) is 5.75 Å². The minimum Gasteiger partial charge on any atom is -0.486 e. The van der Waals surface area contributed by atoms with Crippen molar-refractivity contribution in [2.75, 3.05) is 49.4 Å². The van der Waals surface area contributed by atoms with Gasteiger partial charge >= 0.3 is 0 Å². The molecular formula is C30H43N5O7S. The van der Waals surface area contributed by atoms with Crippen LogP contribution in [0.25, 0.3) is 0 Å².